The van der Waals surface area contributed by atoms with Gasteiger partial charge in [-0.1, -0.05) is 6.07 Å². The third-order valence-corrected chi connectivity index (χ3v) is 2.38. The second kappa shape index (κ2) is 7.14. The molecular weight excluding hydrogens is 290 g/mol. The van der Waals surface area contributed by atoms with Crippen LogP contribution in [0.1, 0.15) is 18.1 Å². The molecule has 0 heterocycles. The molecule has 1 rings (SSSR count). The number of rotatable bonds is 6. The highest BCUT2D eigenvalue weighted by Crippen LogP contribution is 2.34. The largest absolute Gasteiger partial charge is 0.466 e. The van der Waals surface area contributed by atoms with E-state index in [4.69, 9.17) is 5.26 Å². The number of hydrogen-bond acceptors (Lipinski definition) is 6. The summed E-state index contributed by atoms with van der Waals surface area (Å²) in [5.41, 5.74) is -1.41. The molecule has 0 N–H and O–H groups in total. The molecule has 0 saturated carbocycles. The van der Waals surface area contributed by atoms with Crippen molar-refractivity contribution < 1.29 is 28.0 Å². The molecule has 0 radical (unpaired) electrons. The van der Waals surface area contributed by atoms with E-state index in [0.29, 0.717) is 0 Å². The molecule has 1 aromatic carbocycles. The van der Waals surface area contributed by atoms with Crippen LogP contribution < -0.4 is 4.74 Å². The number of halogens is 2. The van der Waals surface area contributed by atoms with Crippen molar-refractivity contribution in [2.45, 2.75) is 20.0 Å². The zero-order chi connectivity index (χ0) is 16.0. The smallest absolute Gasteiger partial charge is 0.387 e. The number of nitriles is 1. The summed E-state index contributed by atoms with van der Waals surface area (Å²) in [5, 5.41) is 20.0. The summed E-state index contributed by atoms with van der Waals surface area (Å²) in [7, 11) is 0. The predicted octanol–water partition coefficient (Wildman–Crippen LogP) is 2.17. The number of benzene rings is 1. The number of carbonyl (C=O) groups excluding carboxylic acids is 1. The topological polar surface area (TPSA) is 102 Å². The molecule has 9 heteroatoms. The highest BCUT2D eigenvalue weighted by atomic mass is 19.3. The molecule has 0 spiro atoms. The van der Waals surface area contributed by atoms with Gasteiger partial charge in [-0.2, -0.15) is 14.0 Å². The van der Waals surface area contributed by atoms with E-state index in [1.54, 1.807) is 6.92 Å². The summed E-state index contributed by atoms with van der Waals surface area (Å²) in [6.45, 7) is -1.59. The Morgan fingerprint density at radius 1 is 1.52 bits per heavy atom. The second-order valence-corrected chi connectivity index (χ2v) is 3.68. The van der Waals surface area contributed by atoms with Gasteiger partial charge in [-0.3, -0.25) is 14.9 Å². The lowest BCUT2D eigenvalue weighted by atomic mass is 10.0. The highest BCUT2D eigenvalue weighted by Gasteiger charge is 2.27. The molecule has 0 aliphatic carbocycles. The fourth-order valence-corrected chi connectivity index (χ4v) is 1.63. The Morgan fingerprint density at radius 2 is 2.19 bits per heavy atom. The quantitative estimate of drug-likeness (QED) is 0.453. The van der Waals surface area contributed by atoms with Crippen molar-refractivity contribution in [3.63, 3.8) is 0 Å². The van der Waals surface area contributed by atoms with Crippen molar-refractivity contribution in [2.75, 3.05) is 6.61 Å². The van der Waals surface area contributed by atoms with Crippen LogP contribution >= 0.6 is 0 Å². The van der Waals surface area contributed by atoms with Gasteiger partial charge in [-0.15, -0.1) is 0 Å². The van der Waals surface area contributed by atoms with Gasteiger partial charge in [0.25, 0.3) is 0 Å². The van der Waals surface area contributed by atoms with Crippen LogP contribution in [0, 0.1) is 21.4 Å². The first kappa shape index (κ1) is 16.3. The lowest BCUT2D eigenvalue weighted by Gasteiger charge is -2.09. The normalized spacial score (nSPS) is 10.0. The average Bonchev–Trinajstić information content (AvgIpc) is 2.39. The number of carbonyl (C=O) groups is 1. The first-order valence-electron chi connectivity index (χ1n) is 5.71. The minimum Gasteiger partial charge on any atom is -0.466 e. The summed E-state index contributed by atoms with van der Waals surface area (Å²) in [6, 6.07) is 3.59. The number of ether oxygens (including phenoxy) is 2. The first-order chi connectivity index (χ1) is 9.90. The van der Waals surface area contributed by atoms with Crippen molar-refractivity contribution in [1.82, 2.24) is 0 Å². The van der Waals surface area contributed by atoms with Crippen LogP contribution in [0.2, 0.25) is 0 Å². The van der Waals surface area contributed by atoms with Gasteiger partial charge >= 0.3 is 18.3 Å². The van der Waals surface area contributed by atoms with Gasteiger partial charge in [0.1, 0.15) is 11.6 Å². The van der Waals surface area contributed by atoms with Crippen molar-refractivity contribution in [2.24, 2.45) is 0 Å². The summed E-state index contributed by atoms with van der Waals surface area (Å²) in [6.07, 6.45) is -0.382. The maximum Gasteiger partial charge on any atom is 0.387 e. The fourth-order valence-electron chi connectivity index (χ4n) is 1.63. The van der Waals surface area contributed by atoms with E-state index in [1.807, 2.05) is 0 Å². The van der Waals surface area contributed by atoms with Crippen molar-refractivity contribution in [3.05, 3.63) is 33.4 Å². The third-order valence-electron chi connectivity index (χ3n) is 2.38. The Labute approximate surface area is 117 Å². The van der Waals surface area contributed by atoms with Crippen LogP contribution in [-0.4, -0.2) is 24.1 Å². The molecule has 0 aliphatic rings. The van der Waals surface area contributed by atoms with Crippen LogP contribution in [0.4, 0.5) is 14.5 Å². The molecule has 0 aromatic heterocycles. The molecule has 0 bridgehead atoms. The van der Waals surface area contributed by atoms with E-state index >= 15 is 0 Å². The van der Waals surface area contributed by atoms with E-state index < -0.39 is 34.5 Å². The van der Waals surface area contributed by atoms with Crippen LogP contribution in [0.25, 0.3) is 0 Å². The van der Waals surface area contributed by atoms with Crippen LogP contribution in [0.3, 0.4) is 0 Å². The molecule has 0 aliphatic heterocycles. The number of esters is 1. The molecular formula is C12H10F2N2O5. The van der Waals surface area contributed by atoms with Crippen LogP contribution in [0.15, 0.2) is 12.1 Å². The van der Waals surface area contributed by atoms with Crippen molar-refractivity contribution >= 4 is 11.7 Å². The SMILES string of the molecule is CCOC(=O)Cc1ccc(OC(F)F)c([N+](=O)[O-])c1C#N. The van der Waals surface area contributed by atoms with Gasteiger partial charge < -0.3 is 9.47 Å². The van der Waals surface area contributed by atoms with E-state index in [1.165, 1.54) is 6.07 Å². The monoisotopic (exact) mass is 300 g/mol. The lowest BCUT2D eigenvalue weighted by Crippen LogP contribution is -2.11. The van der Waals surface area contributed by atoms with Crippen LogP contribution in [-0.2, 0) is 16.0 Å². The highest BCUT2D eigenvalue weighted by molar-refractivity contribution is 5.75. The number of alkyl halides is 2. The van der Waals surface area contributed by atoms with E-state index in [2.05, 4.69) is 9.47 Å². The number of nitro groups is 1. The Bertz CT molecular complexity index is 598. The lowest BCUT2D eigenvalue weighted by molar-refractivity contribution is -0.386. The summed E-state index contributed by atoms with van der Waals surface area (Å²) in [4.78, 5) is 21.3. The molecule has 0 saturated heterocycles. The van der Waals surface area contributed by atoms with Gasteiger partial charge in [0, 0.05) is 0 Å². The number of nitro benzene ring substituents is 1. The molecule has 0 atom stereocenters. The minimum absolute atomic E-state index is 0.00395. The molecule has 112 valence electrons. The fraction of sp³-hybridized carbons (Fsp3) is 0.333. The van der Waals surface area contributed by atoms with Gasteiger partial charge in [0.15, 0.2) is 0 Å². The number of hydrogen-bond donors (Lipinski definition) is 0. The van der Waals surface area contributed by atoms with Crippen molar-refractivity contribution in [1.29, 1.82) is 5.26 Å². The zero-order valence-corrected chi connectivity index (χ0v) is 10.8. The van der Waals surface area contributed by atoms with E-state index in [9.17, 15) is 23.7 Å². The first-order valence-corrected chi connectivity index (χ1v) is 5.71. The van der Waals surface area contributed by atoms with Crippen molar-refractivity contribution in [3.8, 4) is 11.8 Å². The molecule has 0 amide bonds. The Kier molecular flexibility index (Phi) is 5.54. The standard InChI is InChI=1S/C12H10F2N2O5/c1-2-20-10(17)5-7-3-4-9(21-12(13)14)11(16(18)19)8(7)6-15/h3-4,12H,2,5H2,1H3. The zero-order valence-electron chi connectivity index (χ0n) is 10.8. The second-order valence-electron chi connectivity index (χ2n) is 3.68. The summed E-state index contributed by atoms with van der Waals surface area (Å²) in [5.74, 6) is -1.43. The summed E-state index contributed by atoms with van der Waals surface area (Å²) >= 11 is 0. The predicted molar refractivity (Wildman–Crippen MR) is 64.8 cm³/mol. The molecule has 0 fully saturated rings. The Hall–Kier alpha value is -2.76. The molecule has 21 heavy (non-hydrogen) atoms. The van der Waals surface area contributed by atoms with Gasteiger partial charge in [-0.25, -0.2) is 0 Å². The average molecular weight is 300 g/mol. The summed E-state index contributed by atoms with van der Waals surface area (Å²) < 4.78 is 33.1. The molecule has 1 aromatic rings. The maximum absolute atomic E-state index is 12.2. The Morgan fingerprint density at radius 3 is 2.67 bits per heavy atom. The molecule has 7 nitrogen and oxygen atoms in total. The molecule has 0 unspecified atom stereocenters. The van der Waals surface area contributed by atoms with E-state index in [-0.39, 0.29) is 18.6 Å². The third kappa shape index (κ3) is 4.10. The minimum atomic E-state index is -3.27. The van der Waals surface area contributed by atoms with Gasteiger partial charge in [0.2, 0.25) is 5.75 Å². The number of nitrogens with zero attached hydrogens (tertiary/aromatic N) is 2. The van der Waals surface area contributed by atoms with Gasteiger partial charge in [0.05, 0.1) is 18.0 Å². The maximum atomic E-state index is 12.2. The van der Waals surface area contributed by atoms with E-state index in [0.717, 1.165) is 12.1 Å². The van der Waals surface area contributed by atoms with Gasteiger partial charge in [-0.05, 0) is 18.6 Å². The Balaban J connectivity index is 3.30. The van der Waals surface area contributed by atoms with Crippen LogP contribution in [0.5, 0.6) is 5.75 Å².